The zero-order chi connectivity index (χ0) is 14.8. The van der Waals surface area contributed by atoms with E-state index in [2.05, 4.69) is 0 Å². The van der Waals surface area contributed by atoms with Crippen LogP contribution in [0.1, 0.15) is 29.8 Å². The van der Waals surface area contributed by atoms with Crippen molar-refractivity contribution in [2.45, 2.75) is 20.3 Å². The van der Waals surface area contributed by atoms with Crippen molar-refractivity contribution < 1.29 is 29.6 Å². The predicted octanol–water partition coefficient (Wildman–Crippen LogP) is 1.75. The van der Waals surface area contributed by atoms with Gasteiger partial charge < -0.3 is 20.1 Å². The average molecular weight is 268 g/mol. The minimum atomic E-state index is -1.17. The van der Waals surface area contributed by atoms with Crippen LogP contribution in [0.15, 0.2) is 12.1 Å². The Kier molecular flexibility index (Phi) is 4.04. The predicted molar refractivity (Wildman–Crippen MR) is 66.7 cm³/mol. The van der Waals surface area contributed by atoms with Crippen LogP contribution in [0.4, 0.5) is 0 Å². The molecule has 0 aliphatic carbocycles. The van der Waals surface area contributed by atoms with Gasteiger partial charge in [-0.2, -0.15) is 0 Å². The van der Waals surface area contributed by atoms with Crippen LogP contribution >= 0.6 is 0 Å². The molecule has 0 fully saturated rings. The molecule has 3 N–H and O–H groups in total. The van der Waals surface area contributed by atoms with Gasteiger partial charge in [0, 0.05) is 0 Å². The number of phenolic OH excluding ortho intramolecular Hbond substituents is 1. The molecule has 19 heavy (non-hydrogen) atoms. The summed E-state index contributed by atoms with van der Waals surface area (Å²) in [5, 5.41) is 28.0. The Balaban J connectivity index is 3.30. The highest BCUT2D eigenvalue weighted by molar-refractivity contribution is 5.89. The fourth-order valence-corrected chi connectivity index (χ4v) is 1.63. The molecule has 1 rings (SSSR count). The summed E-state index contributed by atoms with van der Waals surface area (Å²) in [7, 11) is 1.30. The lowest BCUT2D eigenvalue weighted by Crippen LogP contribution is -2.26. The second kappa shape index (κ2) is 5.17. The Morgan fingerprint density at radius 1 is 1.26 bits per heavy atom. The normalized spacial score (nSPS) is 11.1. The summed E-state index contributed by atoms with van der Waals surface area (Å²) >= 11 is 0. The van der Waals surface area contributed by atoms with Crippen LogP contribution in [0.3, 0.4) is 0 Å². The second-order valence-corrected chi connectivity index (χ2v) is 4.86. The number of methoxy groups -OCH3 is 1. The van der Waals surface area contributed by atoms with Crippen molar-refractivity contribution in [3.05, 3.63) is 23.3 Å². The molecule has 1 aromatic carbocycles. The molecule has 0 aliphatic rings. The van der Waals surface area contributed by atoms with Gasteiger partial charge in [0.1, 0.15) is 0 Å². The van der Waals surface area contributed by atoms with Gasteiger partial charge in [0.15, 0.2) is 11.5 Å². The lowest BCUT2D eigenvalue weighted by atomic mass is 9.85. The van der Waals surface area contributed by atoms with Gasteiger partial charge in [-0.1, -0.05) is 0 Å². The zero-order valence-electron chi connectivity index (χ0n) is 10.9. The van der Waals surface area contributed by atoms with Gasteiger partial charge >= 0.3 is 11.9 Å². The lowest BCUT2D eigenvalue weighted by Gasteiger charge is -2.20. The molecular weight excluding hydrogens is 252 g/mol. The van der Waals surface area contributed by atoms with Crippen LogP contribution in [0.2, 0.25) is 0 Å². The molecule has 0 atom stereocenters. The molecule has 0 radical (unpaired) electrons. The molecule has 0 saturated heterocycles. The molecule has 0 unspecified atom stereocenters. The highest BCUT2D eigenvalue weighted by atomic mass is 16.5. The third kappa shape index (κ3) is 3.15. The maximum atomic E-state index is 11.1. The third-order valence-electron chi connectivity index (χ3n) is 2.83. The first-order chi connectivity index (χ1) is 8.69. The van der Waals surface area contributed by atoms with E-state index in [0.29, 0.717) is 0 Å². The molecule has 0 spiro atoms. The number of hydrogen-bond donors (Lipinski definition) is 3. The number of carboxylic acids is 2. The first-order valence-electron chi connectivity index (χ1n) is 5.55. The van der Waals surface area contributed by atoms with Gasteiger partial charge in [0.25, 0.3) is 0 Å². The first kappa shape index (κ1) is 14.8. The van der Waals surface area contributed by atoms with Gasteiger partial charge in [-0.15, -0.1) is 0 Å². The van der Waals surface area contributed by atoms with Crippen LogP contribution in [-0.2, 0) is 11.2 Å². The Hall–Kier alpha value is -2.24. The maximum absolute atomic E-state index is 11.1. The largest absolute Gasteiger partial charge is 0.504 e. The summed E-state index contributed by atoms with van der Waals surface area (Å²) in [4.78, 5) is 22.1. The van der Waals surface area contributed by atoms with Gasteiger partial charge in [0.05, 0.1) is 18.1 Å². The molecule has 6 heteroatoms. The van der Waals surface area contributed by atoms with E-state index in [1.165, 1.54) is 33.1 Å². The van der Waals surface area contributed by atoms with Crippen molar-refractivity contribution in [1.29, 1.82) is 0 Å². The van der Waals surface area contributed by atoms with Crippen molar-refractivity contribution in [2.75, 3.05) is 7.11 Å². The van der Waals surface area contributed by atoms with Crippen molar-refractivity contribution in [3.8, 4) is 11.5 Å². The van der Waals surface area contributed by atoms with Crippen LogP contribution in [0, 0.1) is 5.41 Å². The number of hydrogen-bond acceptors (Lipinski definition) is 4. The number of ether oxygens (including phenoxy) is 1. The Bertz CT molecular complexity index is 518. The number of carboxylic acid groups (broad SMARTS) is 2. The summed E-state index contributed by atoms with van der Waals surface area (Å²) < 4.78 is 4.89. The smallest absolute Gasteiger partial charge is 0.335 e. The molecule has 0 aliphatic heterocycles. The van der Waals surface area contributed by atoms with Gasteiger partial charge in [0.2, 0.25) is 0 Å². The standard InChI is InChI=1S/C13H16O6/c1-13(2,12(17)18)6-8-4-7(11(15)16)5-9(19-3)10(8)14/h4-5,14H,6H2,1-3H3,(H,15,16)(H,17,18). The number of carbonyl (C=O) groups is 2. The SMILES string of the molecule is COc1cc(C(=O)O)cc(CC(C)(C)C(=O)O)c1O. The van der Waals surface area contributed by atoms with Gasteiger partial charge in [-0.05, 0) is 38.0 Å². The fourth-order valence-electron chi connectivity index (χ4n) is 1.63. The first-order valence-corrected chi connectivity index (χ1v) is 5.55. The van der Waals surface area contributed by atoms with E-state index in [-0.39, 0.29) is 29.0 Å². The van der Waals surface area contributed by atoms with E-state index < -0.39 is 17.4 Å². The molecule has 6 nitrogen and oxygen atoms in total. The van der Waals surface area contributed by atoms with Crippen LogP contribution in [0.25, 0.3) is 0 Å². The second-order valence-electron chi connectivity index (χ2n) is 4.86. The lowest BCUT2D eigenvalue weighted by molar-refractivity contribution is -0.146. The minimum absolute atomic E-state index is 0.00829. The van der Waals surface area contributed by atoms with Crippen molar-refractivity contribution in [1.82, 2.24) is 0 Å². The van der Waals surface area contributed by atoms with E-state index in [0.717, 1.165) is 0 Å². The summed E-state index contributed by atoms with van der Waals surface area (Å²) in [6.45, 7) is 2.99. The highest BCUT2D eigenvalue weighted by Gasteiger charge is 2.29. The Labute approximate surface area is 110 Å². The van der Waals surface area contributed by atoms with E-state index in [9.17, 15) is 14.7 Å². The van der Waals surface area contributed by atoms with Crippen molar-refractivity contribution in [3.63, 3.8) is 0 Å². The van der Waals surface area contributed by atoms with Crippen molar-refractivity contribution in [2.24, 2.45) is 5.41 Å². The van der Waals surface area contributed by atoms with E-state index in [4.69, 9.17) is 14.9 Å². The summed E-state index contributed by atoms with van der Waals surface area (Å²) in [6.07, 6.45) is -0.00829. The number of benzene rings is 1. The number of aromatic carboxylic acids is 1. The molecule has 0 saturated carbocycles. The number of aliphatic carboxylic acids is 1. The molecular formula is C13H16O6. The maximum Gasteiger partial charge on any atom is 0.335 e. The molecule has 0 bridgehead atoms. The monoisotopic (exact) mass is 268 g/mol. The number of aromatic hydroxyl groups is 1. The number of phenols is 1. The topological polar surface area (TPSA) is 104 Å². The molecule has 0 heterocycles. The quantitative estimate of drug-likeness (QED) is 0.751. The molecule has 0 amide bonds. The summed E-state index contributed by atoms with van der Waals surface area (Å²) in [5.41, 5.74) is -0.963. The minimum Gasteiger partial charge on any atom is -0.504 e. The van der Waals surface area contributed by atoms with Crippen molar-refractivity contribution >= 4 is 11.9 Å². The van der Waals surface area contributed by atoms with Crippen LogP contribution in [0.5, 0.6) is 11.5 Å². The van der Waals surface area contributed by atoms with Crippen LogP contribution < -0.4 is 4.74 Å². The van der Waals surface area contributed by atoms with E-state index >= 15 is 0 Å². The zero-order valence-corrected chi connectivity index (χ0v) is 10.9. The van der Waals surface area contributed by atoms with E-state index in [1.807, 2.05) is 0 Å². The third-order valence-corrected chi connectivity index (χ3v) is 2.83. The average Bonchev–Trinajstić information content (AvgIpc) is 2.30. The molecule has 0 aromatic heterocycles. The Morgan fingerprint density at radius 3 is 2.26 bits per heavy atom. The van der Waals surface area contributed by atoms with E-state index in [1.54, 1.807) is 0 Å². The van der Waals surface area contributed by atoms with Gasteiger partial charge in [-0.25, -0.2) is 4.79 Å². The van der Waals surface area contributed by atoms with Gasteiger partial charge in [-0.3, -0.25) is 4.79 Å². The van der Waals surface area contributed by atoms with Crippen LogP contribution in [-0.4, -0.2) is 34.4 Å². The molecule has 1 aromatic rings. The molecule has 104 valence electrons. The highest BCUT2D eigenvalue weighted by Crippen LogP contribution is 2.35. The summed E-state index contributed by atoms with van der Waals surface area (Å²) in [6, 6.07) is 2.44. The number of rotatable bonds is 5. The fraction of sp³-hybridized carbons (Fsp3) is 0.385. The Morgan fingerprint density at radius 2 is 1.84 bits per heavy atom. The summed E-state index contributed by atoms with van der Waals surface area (Å²) in [5.74, 6) is -2.43.